The van der Waals surface area contributed by atoms with Gasteiger partial charge in [0, 0.05) is 6.54 Å². The fourth-order valence-electron chi connectivity index (χ4n) is 3.38. The first-order valence-electron chi connectivity index (χ1n) is 8.07. The SMILES string of the molecule is O=C(C1COc2ccccc2O1)N1CCCC1c1ccccc1. The minimum Gasteiger partial charge on any atom is -0.485 e. The van der Waals surface area contributed by atoms with Crippen molar-refractivity contribution in [1.29, 1.82) is 0 Å². The lowest BCUT2D eigenvalue weighted by Crippen LogP contribution is -2.46. The van der Waals surface area contributed by atoms with E-state index in [9.17, 15) is 4.79 Å². The van der Waals surface area contributed by atoms with Crippen LogP contribution in [0.3, 0.4) is 0 Å². The zero-order valence-corrected chi connectivity index (χ0v) is 12.9. The van der Waals surface area contributed by atoms with Crippen molar-refractivity contribution in [3.8, 4) is 11.5 Å². The van der Waals surface area contributed by atoms with Crippen molar-refractivity contribution in [1.82, 2.24) is 4.90 Å². The number of hydrogen-bond acceptors (Lipinski definition) is 3. The maximum absolute atomic E-state index is 12.9. The summed E-state index contributed by atoms with van der Waals surface area (Å²) < 4.78 is 11.6. The lowest BCUT2D eigenvalue weighted by atomic mass is 10.0. The van der Waals surface area contributed by atoms with Crippen molar-refractivity contribution < 1.29 is 14.3 Å². The predicted octanol–water partition coefficient (Wildman–Crippen LogP) is 3.19. The molecular formula is C19H19NO3. The quantitative estimate of drug-likeness (QED) is 0.855. The summed E-state index contributed by atoms with van der Waals surface area (Å²) in [6, 6.07) is 17.8. The van der Waals surface area contributed by atoms with Gasteiger partial charge in [-0.3, -0.25) is 4.79 Å². The molecule has 2 aromatic rings. The summed E-state index contributed by atoms with van der Waals surface area (Å²) in [4.78, 5) is 14.9. The Bertz CT molecular complexity index is 701. The molecule has 23 heavy (non-hydrogen) atoms. The van der Waals surface area contributed by atoms with Gasteiger partial charge in [0.15, 0.2) is 11.5 Å². The van der Waals surface area contributed by atoms with Gasteiger partial charge in [-0.1, -0.05) is 42.5 Å². The third-order valence-corrected chi connectivity index (χ3v) is 4.50. The summed E-state index contributed by atoms with van der Waals surface area (Å²) in [5.41, 5.74) is 1.19. The first kappa shape index (κ1) is 14.1. The number of likely N-dealkylation sites (tertiary alicyclic amines) is 1. The van der Waals surface area contributed by atoms with E-state index in [4.69, 9.17) is 9.47 Å². The van der Waals surface area contributed by atoms with Crippen LogP contribution in [-0.4, -0.2) is 30.1 Å². The van der Waals surface area contributed by atoms with Gasteiger partial charge < -0.3 is 14.4 Å². The number of amides is 1. The van der Waals surface area contributed by atoms with Crippen molar-refractivity contribution >= 4 is 5.91 Å². The summed E-state index contributed by atoms with van der Waals surface area (Å²) in [7, 11) is 0. The highest BCUT2D eigenvalue weighted by Gasteiger charge is 2.37. The second kappa shape index (κ2) is 5.95. The third-order valence-electron chi connectivity index (χ3n) is 4.50. The maximum atomic E-state index is 12.9. The van der Waals surface area contributed by atoms with Gasteiger partial charge in [-0.15, -0.1) is 0 Å². The molecular weight excluding hydrogens is 290 g/mol. The fraction of sp³-hybridized carbons (Fsp3) is 0.316. The monoisotopic (exact) mass is 309 g/mol. The molecule has 4 rings (SSSR count). The minimum atomic E-state index is -0.561. The molecule has 2 unspecified atom stereocenters. The van der Waals surface area contributed by atoms with E-state index in [-0.39, 0.29) is 18.6 Å². The smallest absolute Gasteiger partial charge is 0.267 e. The first-order chi connectivity index (χ1) is 11.3. The molecule has 0 saturated carbocycles. The van der Waals surface area contributed by atoms with Crippen molar-refractivity contribution in [2.24, 2.45) is 0 Å². The number of hydrogen-bond donors (Lipinski definition) is 0. The Labute approximate surface area is 135 Å². The lowest BCUT2D eigenvalue weighted by molar-refractivity contribution is -0.142. The van der Waals surface area contributed by atoms with E-state index in [0.29, 0.717) is 11.5 Å². The average molecular weight is 309 g/mol. The van der Waals surface area contributed by atoms with Gasteiger partial charge in [-0.2, -0.15) is 0 Å². The van der Waals surface area contributed by atoms with E-state index in [0.717, 1.165) is 19.4 Å². The van der Waals surface area contributed by atoms with Gasteiger partial charge in [-0.25, -0.2) is 0 Å². The molecule has 0 spiro atoms. The molecule has 1 saturated heterocycles. The number of nitrogens with zero attached hydrogens (tertiary/aromatic N) is 1. The van der Waals surface area contributed by atoms with Crippen LogP contribution in [0.15, 0.2) is 54.6 Å². The zero-order chi connectivity index (χ0) is 15.6. The second-order valence-electron chi connectivity index (χ2n) is 5.96. The highest BCUT2D eigenvalue weighted by atomic mass is 16.6. The minimum absolute atomic E-state index is 0.0193. The number of rotatable bonds is 2. The van der Waals surface area contributed by atoms with E-state index in [2.05, 4.69) is 12.1 Å². The molecule has 2 aliphatic rings. The topological polar surface area (TPSA) is 38.8 Å². The number of fused-ring (bicyclic) bond motifs is 1. The summed E-state index contributed by atoms with van der Waals surface area (Å²) in [6.45, 7) is 1.05. The normalized spacial score (nSPS) is 22.9. The molecule has 0 bridgehead atoms. The van der Waals surface area contributed by atoms with Crippen LogP contribution in [0.25, 0.3) is 0 Å². The molecule has 2 aromatic carbocycles. The Morgan fingerprint density at radius 2 is 1.74 bits per heavy atom. The van der Waals surface area contributed by atoms with Crippen LogP contribution in [0, 0.1) is 0 Å². The Hall–Kier alpha value is -2.49. The highest BCUT2D eigenvalue weighted by molar-refractivity contribution is 5.82. The van der Waals surface area contributed by atoms with E-state index in [1.54, 1.807) is 0 Å². The lowest BCUT2D eigenvalue weighted by Gasteiger charge is -2.31. The van der Waals surface area contributed by atoms with Gasteiger partial charge in [0.1, 0.15) is 6.61 Å². The molecule has 0 aliphatic carbocycles. The summed E-state index contributed by atoms with van der Waals surface area (Å²) in [5, 5.41) is 0. The zero-order valence-electron chi connectivity index (χ0n) is 12.9. The maximum Gasteiger partial charge on any atom is 0.267 e. The number of ether oxygens (including phenoxy) is 2. The average Bonchev–Trinajstić information content (AvgIpc) is 3.11. The molecule has 2 heterocycles. The first-order valence-corrected chi connectivity index (χ1v) is 8.07. The standard InChI is InChI=1S/C19H19NO3/c21-19(18-13-22-16-10-4-5-11-17(16)23-18)20-12-6-9-15(20)14-7-2-1-3-8-14/h1-5,7-8,10-11,15,18H,6,9,12-13H2. The van der Waals surface area contributed by atoms with Crippen LogP contribution in [-0.2, 0) is 4.79 Å². The van der Waals surface area contributed by atoms with Crippen LogP contribution >= 0.6 is 0 Å². The molecule has 0 radical (unpaired) electrons. The molecule has 1 fully saturated rings. The van der Waals surface area contributed by atoms with Gasteiger partial charge in [0.05, 0.1) is 6.04 Å². The molecule has 2 aliphatic heterocycles. The largest absolute Gasteiger partial charge is 0.485 e. The molecule has 1 amide bonds. The fourth-order valence-corrected chi connectivity index (χ4v) is 3.38. The number of benzene rings is 2. The van der Waals surface area contributed by atoms with Crippen LogP contribution in [0.1, 0.15) is 24.4 Å². The number of carbonyl (C=O) groups is 1. The van der Waals surface area contributed by atoms with Gasteiger partial charge in [0.2, 0.25) is 6.10 Å². The molecule has 2 atom stereocenters. The summed E-state index contributed by atoms with van der Waals surface area (Å²) in [6.07, 6.45) is 1.46. The van der Waals surface area contributed by atoms with E-state index >= 15 is 0 Å². The Morgan fingerprint density at radius 1 is 1.00 bits per heavy atom. The van der Waals surface area contributed by atoms with Crippen LogP contribution in [0.4, 0.5) is 0 Å². The molecule has 118 valence electrons. The molecule has 4 nitrogen and oxygen atoms in total. The molecule has 4 heteroatoms. The third kappa shape index (κ3) is 2.65. The molecule has 0 aromatic heterocycles. The van der Waals surface area contributed by atoms with Crippen molar-refractivity contribution in [2.75, 3.05) is 13.2 Å². The van der Waals surface area contributed by atoms with Crippen molar-refractivity contribution in [3.63, 3.8) is 0 Å². The second-order valence-corrected chi connectivity index (χ2v) is 5.96. The molecule has 0 N–H and O–H groups in total. The van der Waals surface area contributed by atoms with Crippen molar-refractivity contribution in [3.05, 3.63) is 60.2 Å². The van der Waals surface area contributed by atoms with Crippen LogP contribution < -0.4 is 9.47 Å². The number of carbonyl (C=O) groups excluding carboxylic acids is 1. The van der Waals surface area contributed by atoms with Crippen LogP contribution in [0.2, 0.25) is 0 Å². The van der Waals surface area contributed by atoms with Crippen LogP contribution in [0.5, 0.6) is 11.5 Å². The Balaban J connectivity index is 1.53. The van der Waals surface area contributed by atoms with E-state index in [1.165, 1.54) is 5.56 Å². The van der Waals surface area contributed by atoms with E-state index < -0.39 is 6.10 Å². The number of para-hydroxylation sites is 2. The van der Waals surface area contributed by atoms with Gasteiger partial charge in [0.25, 0.3) is 5.91 Å². The van der Waals surface area contributed by atoms with Crippen molar-refractivity contribution in [2.45, 2.75) is 25.0 Å². The highest BCUT2D eigenvalue weighted by Crippen LogP contribution is 2.35. The Morgan fingerprint density at radius 3 is 2.57 bits per heavy atom. The van der Waals surface area contributed by atoms with Gasteiger partial charge in [-0.05, 0) is 30.5 Å². The van der Waals surface area contributed by atoms with Gasteiger partial charge >= 0.3 is 0 Å². The summed E-state index contributed by atoms with van der Waals surface area (Å²) in [5.74, 6) is 1.37. The van der Waals surface area contributed by atoms with E-state index in [1.807, 2.05) is 47.4 Å². The Kier molecular flexibility index (Phi) is 3.66. The predicted molar refractivity (Wildman–Crippen MR) is 86.5 cm³/mol. The summed E-state index contributed by atoms with van der Waals surface area (Å²) >= 11 is 0.